The van der Waals surface area contributed by atoms with Crippen molar-refractivity contribution in [3.8, 4) is 6.07 Å². The first-order valence-corrected chi connectivity index (χ1v) is 8.61. The van der Waals surface area contributed by atoms with Crippen molar-refractivity contribution in [3.63, 3.8) is 0 Å². The van der Waals surface area contributed by atoms with Gasteiger partial charge in [-0.05, 0) is 37.1 Å². The molecule has 0 bridgehead atoms. The van der Waals surface area contributed by atoms with E-state index >= 15 is 0 Å². The van der Waals surface area contributed by atoms with Gasteiger partial charge in [-0.1, -0.05) is 19.1 Å². The van der Waals surface area contributed by atoms with Crippen LogP contribution in [0.2, 0.25) is 0 Å². The molecular weight excluding hydrogens is 296 g/mol. The van der Waals surface area contributed by atoms with Crippen LogP contribution in [0, 0.1) is 17.2 Å². The molecule has 0 aliphatic carbocycles. The molecule has 1 amide bonds. The number of hydrogen-bond acceptors (Lipinski definition) is 4. The maximum absolute atomic E-state index is 12.4. The van der Waals surface area contributed by atoms with Crippen LogP contribution < -0.4 is 0 Å². The Balaban J connectivity index is 2.07. The van der Waals surface area contributed by atoms with Crippen molar-refractivity contribution in [2.75, 3.05) is 18.8 Å². The molecule has 116 valence electrons. The Kier molecular flexibility index (Phi) is 6.02. The lowest BCUT2D eigenvalue weighted by Crippen LogP contribution is -2.37. The zero-order valence-electron chi connectivity index (χ0n) is 12.7. The number of carbonyl (C=O) groups is 2. The van der Waals surface area contributed by atoms with E-state index in [4.69, 9.17) is 0 Å². The fourth-order valence-corrected chi connectivity index (χ4v) is 3.22. The first-order chi connectivity index (χ1) is 10.7. The Morgan fingerprint density at radius 3 is 2.45 bits per heavy atom. The van der Waals surface area contributed by atoms with Gasteiger partial charge in [0.05, 0.1) is 6.07 Å². The van der Waals surface area contributed by atoms with Crippen molar-refractivity contribution in [1.29, 1.82) is 5.26 Å². The Morgan fingerprint density at radius 2 is 1.91 bits per heavy atom. The molecule has 5 heteroatoms. The summed E-state index contributed by atoms with van der Waals surface area (Å²) in [6, 6.07) is 9.06. The molecule has 2 rings (SSSR count). The number of nitriles is 1. The van der Waals surface area contributed by atoms with E-state index < -0.39 is 11.7 Å². The highest BCUT2D eigenvalue weighted by molar-refractivity contribution is 7.99. The summed E-state index contributed by atoms with van der Waals surface area (Å²) in [6.07, 6.45) is 2.98. The molecule has 0 radical (unpaired) electrons. The van der Waals surface area contributed by atoms with Gasteiger partial charge in [0, 0.05) is 23.5 Å². The second-order valence-electron chi connectivity index (χ2n) is 5.33. The van der Waals surface area contributed by atoms with Gasteiger partial charge in [-0.25, -0.2) is 0 Å². The lowest BCUT2D eigenvalue weighted by Gasteiger charge is -2.18. The second kappa shape index (κ2) is 8.00. The van der Waals surface area contributed by atoms with Gasteiger partial charge in [0.15, 0.2) is 11.7 Å². The van der Waals surface area contributed by atoms with Gasteiger partial charge >= 0.3 is 0 Å². The van der Waals surface area contributed by atoms with Crippen LogP contribution >= 0.6 is 11.8 Å². The third-order valence-corrected chi connectivity index (χ3v) is 4.89. The van der Waals surface area contributed by atoms with Gasteiger partial charge < -0.3 is 4.90 Å². The van der Waals surface area contributed by atoms with Crippen molar-refractivity contribution in [2.45, 2.75) is 31.1 Å². The van der Waals surface area contributed by atoms with E-state index in [2.05, 4.69) is 6.92 Å². The van der Waals surface area contributed by atoms with E-state index in [9.17, 15) is 14.9 Å². The summed E-state index contributed by atoms with van der Waals surface area (Å²) in [4.78, 5) is 27.4. The van der Waals surface area contributed by atoms with Crippen LogP contribution in [0.5, 0.6) is 0 Å². The molecule has 1 atom stereocenters. The third-order valence-electron chi connectivity index (χ3n) is 3.67. The number of likely N-dealkylation sites (tertiary alicyclic amines) is 1. The number of ketones is 1. The Hall–Kier alpha value is -1.80. The van der Waals surface area contributed by atoms with Crippen LogP contribution in [0.25, 0.3) is 0 Å². The van der Waals surface area contributed by atoms with Crippen LogP contribution in [0.4, 0.5) is 0 Å². The summed E-state index contributed by atoms with van der Waals surface area (Å²) < 4.78 is 0. The average molecular weight is 316 g/mol. The molecule has 0 unspecified atom stereocenters. The Bertz CT molecular complexity index is 571. The van der Waals surface area contributed by atoms with E-state index in [-0.39, 0.29) is 5.91 Å². The van der Waals surface area contributed by atoms with E-state index in [1.807, 2.05) is 18.2 Å². The molecule has 1 aromatic carbocycles. The van der Waals surface area contributed by atoms with Crippen molar-refractivity contribution < 1.29 is 9.59 Å². The zero-order valence-corrected chi connectivity index (χ0v) is 13.6. The van der Waals surface area contributed by atoms with E-state index in [0.717, 1.165) is 29.9 Å². The molecule has 1 aliphatic heterocycles. The van der Waals surface area contributed by atoms with E-state index in [1.54, 1.807) is 28.8 Å². The summed E-state index contributed by atoms with van der Waals surface area (Å²) in [5, 5.41) is 9.24. The number of rotatable bonds is 6. The summed E-state index contributed by atoms with van der Waals surface area (Å²) >= 11 is 1.73. The maximum atomic E-state index is 12.4. The smallest absolute Gasteiger partial charge is 0.247 e. The highest BCUT2D eigenvalue weighted by Crippen LogP contribution is 2.21. The topological polar surface area (TPSA) is 61.2 Å². The van der Waals surface area contributed by atoms with Crippen LogP contribution in [0.15, 0.2) is 29.2 Å². The molecule has 1 fully saturated rings. The summed E-state index contributed by atoms with van der Waals surface area (Å²) in [7, 11) is 0. The predicted molar refractivity (Wildman–Crippen MR) is 86.7 cm³/mol. The molecule has 0 spiro atoms. The van der Waals surface area contributed by atoms with Crippen molar-refractivity contribution in [1.82, 2.24) is 4.90 Å². The molecule has 1 heterocycles. The van der Waals surface area contributed by atoms with Crippen LogP contribution in [0.1, 0.15) is 36.5 Å². The van der Waals surface area contributed by atoms with Gasteiger partial charge in [-0.2, -0.15) is 5.26 Å². The number of hydrogen-bond donors (Lipinski definition) is 0. The van der Waals surface area contributed by atoms with Crippen LogP contribution in [-0.2, 0) is 4.79 Å². The first-order valence-electron chi connectivity index (χ1n) is 7.63. The highest BCUT2D eigenvalue weighted by atomic mass is 32.2. The molecule has 1 saturated heterocycles. The van der Waals surface area contributed by atoms with Crippen molar-refractivity contribution >= 4 is 23.5 Å². The summed E-state index contributed by atoms with van der Waals surface area (Å²) in [5.41, 5.74) is 0.431. The van der Waals surface area contributed by atoms with E-state index in [0.29, 0.717) is 18.7 Å². The van der Waals surface area contributed by atoms with Gasteiger partial charge in [-0.3, -0.25) is 9.59 Å². The molecule has 1 aliphatic rings. The predicted octanol–water partition coefficient (Wildman–Crippen LogP) is 3.13. The van der Waals surface area contributed by atoms with Crippen molar-refractivity contribution in [3.05, 3.63) is 29.8 Å². The van der Waals surface area contributed by atoms with Crippen LogP contribution in [0.3, 0.4) is 0 Å². The molecule has 4 nitrogen and oxygen atoms in total. The summed E-state index contributed by atoms with van der Waals surface area (Å²) in [5.74, 6) is -0.935. The largest absolute Gasteiger partial charge is 0.341 e. The molecular formula is C17H20N2O2S. The number of Topliss-reactive ketones (excluding diaryl/α,β-unsaturated/α-hetero) is 1. The van der Waals surface area contributed by atoms with Gasteiger partial charge in [0.25, 0.3) is 0 Å². The molecule has 0 saturated carbocycles. The fourth-order valence-electron chi connectivity index (χ4n) is 2.45. The monoisotopic (exact) mass is 316 g/mol. The lowest BCUT2D eigenvalue weighted by molar-refractivity contribution is -0.131. The standard InChI is InChI=1S/C17H20N2O2S/c1-2-11-22-14-7-5-13(6-8-14)16(20)15(12-18)17(21)19-9-3-4-10-19/h5-8,15H,2-4,9-11H2,1H3/t15-/m1/s1. The highest BCUT2D eigenvalue weighted by Gasteiger charge is 2.32. The minimum atomic E-state index is -1.22. The molecule has 22 heavy (non-hydrogen) atoms. The van der Waals surface area contributed by atoms with Gasteiger partial charge in [0.2, 0.25) is 5.91 Å². The number of amides is 1. The van der Waals surface area contributed by atoms with Crippen molar-refractivity contribution in [2.24, 2.45) is 5.92 Å². The minimum absolute atomic E-state index is 0.352. The number of carbonyl (C=O) groups excluding carboxylic acids is 2. The number of benzene rings is 1. The average Bonchev–Trinajstić information content (AvgIpc) is 3.08. The molecule has 1 aromatic rings. The third kappa shape index (κ3) is 3.89. The zero-order chi connectivity index (χ0) is 15.9. The minimum Gasteiger partial charge on any atom is -0.341 e. The SMILES string of the molecule is CCCSc1ccc(C(=O)[C@@H](C#N)C(=O)N2CCCC2)cc1. The maximum Gasteiger partial charge on any atom is 0.247 e. The number of thioether (sulfide) groups is 1. The lowest BCUT2D eigenvalue weighted by atomic mass is 9.97. The first kappa shape index (κ1) is 16.6. The Labute approximate surface area is 135 Å². The Morgan fingerprint density at radius 1 is 1.27 bits per heavy atom. The normalized spacial score (nSPS) is 15.4. The van der Waals surface area contributed by atoms with Gasteiger partial charge in [-0.15, -0.1) is 11.8 Å². The second-order valence-corrected chi connectivity index (χ2v) is 6.50. The molecule has 0 N–H and O–H groups in total. The van der Waals surface area contributed by atoms with Gasteiger partial charge in [0.1, 0.15) is 0 Å². The summed E-state index contributed by atoms with van der Waals surface area (Å²) in [6.45, 7) is 3.42. The van der Waals surface area contributed by atoms with E-state index in [1.165, 1.54) is 0 Å². The quantitative estimate of drug-likeness (QED) is 0.459. The molecule has 0 aromatic heterocycles. The fraction of sp³-hybridized carbons (Fsp3) is 0.471. The van der Waals surface area contributed by atoms with Crippen LogP contribution in [-0.4, -0.2) is 35.4 Å². The number of nitrogens with zero attached hydrogens (tertiary/aromatic N) is 2.